The zero-order valence-corrected chi connectivity index (χ0v) is 18.0. The van der Waals surface area contributed by atoms with Gasteiger partial charge in [-0.2, -0.15) is 0 Å². The molecule has 0 bridgehead atoms. The first-order valence-electron chi connectivity index (χ1n) is 9.72. The number of thiazole rings is 1. The molecule has 0 spiro atoms. The molecule has 0 aromatic carbocycles. The summed E-state index contributed by atoms with van der Waals surface area (Å²) in [6.45, 7) is 6.85. The summed E-state index contributed by atoms with van der Waals surface area (Å²) < 4.78 is 0. The van der Waals surface area contributed by atoms with Gasteiger partial charge in [-0.1, -0.05) is 19.9 Å². The van der Waals surface area contributed by atoms with E-state index < -0.39 is 0 Å². The smallest absolute Gasteiger partial charge is 0.240 e. The van der Waals surface area contributed by atoms with E-state index in [0.717, 1.165) is 27.0 Å². The Morgan fingerprint density at radius 3 is 2.60 bits per heavy atom. The lowest BCUT2D eigenvalue weighted by molar-refractivity contribution is -0.136. The largest absolute Gasteiger partial charge is 0.325 e. The molecule has 0 saturated carbocycles. The van der Waals surface area contributed by atoms with Crippen molar-refractivity contribution in [2.24, 2.45) is 0 Å². The van der Waals surface area contributed by atoms with Crippen molar-refractivity contribution in [2.75, 3.05) is 18.4 Å². The van der Waals surface area contributed by atoms with Crippen LogP contribution in [0.3, 0.4) is 0 Å². The fourth-order valence-electron chi connectivity index (χ4n) is 2.88. The normalized spacial score (nSPS) is 14.0. The molecule has 8 nitrogen and oxygen atoms in total. The standard InChI is InChI=1S/C19H18N6O2S.C2H6/c1-12-5-6-20-16(7-12)23-15-4-2-3-13(22-15)14-8-21-19(28-14)11-25-9-17(26)24-18(27)10-25;1-2/h2-8H,9-11H2,1H3,(H,20,22,23)(H,24,26,27);1-2H3. The average Bonchev–Trinajstić information content (AvgIpc) is 3.17. The second kappa shape index (κ2) is 10.0. The number of nitrogens with zero attached hydrogens (tertiary/aromatic N) is 4. The Morgan fingerprint density at radius 1 is 1.10 bits per heavy atom. The number of amides is 2. The molecule has 1 aliphatic rings. The SMILES string of the molecule is CC.Cc1ccnc(Nc2cccc(-c3cnc(CN4CC(=O)NC(=O)C4)s3)n2)c1. The van der Waals surface area contributed by atoms with Crippen molar-refractivity contribution < 1.29 is 9.59 Å². The Labute approximate surface area is 179 Å². The number of carbonyl (C=O) groups is 2. The minimum Gasteiger partial charge on any atom is -0.325 e. The van der Waals surface area contributed by atoms with Gasteiger partial charge in [0.25, 0.3) is 0 Å². The minimum atomic E-state index is -0.279. The molecule has 4 heterocycles. The van der Waals surface area contributed by atoms with Crippen LogP contribution < -0.4 is 10.6 Å². The van der Waals surface area contributed by atoms with E-state index in [0.29, 0.717) is 12.4 Å². The lowest BCUT2D eigenvalue weighted by atomic mass is 10.3. The number of anilines is 2. The molecule has 0 atom stereocenters. The molecule has 0 radical (unpaired) electrons. The van der Waals surface area contributed by atoms with Crippen molar-refractivity contribution in [3.8, 4) is 10.6 Å². The fraction of sp³-hybridized carbons (Fsp3) is 0.286. The molecule has 3 aromatic rings. The number of rotatable bonds is 5. The maximum Gasteiger partial charge on any atom is 0.240 e. The Kier molecular flexibility index (Phi) is 7.21. The van der Waals surface area contributed by atoms with Crippen LogP contribution in [0, 0.1) is 6.92 Å². The summed E-state index contributed by atoms with van der Waals surface area (Å²) in [7, 11) is 0. The quantitative estimate of drug-likeness (QED) is 0.607. The predicted octanol–water partition coefficient (Wildman–Crippen LogP) is 3.14. The number of imide groups is 1. The van der Waals surface area contributed by atoms with Crippen LogP contribution in [0.1, 0.15) is 24.4 Å². The highest BCUT2D eigenvalue weighted by Crippen LogP contribution is 2.27. The Morgan fingerprint density at radius 2 is 1.87 bits per heavy atom. The Hall–Kier alpha value is -3.17. The Balaban J connectivity index is 0.00000124. The molecule has 1 fully saturated rings. The van der Waals surface area contributed by atoms with Gasteiger partial charge in [-0.15, -0.1) is 11.3 Å². The van der Waals surface area contributed by atoms with E-state index in [1.54, 1.807) is 17.3 Å². The number of carbonyl (C=O) groups excluding carboxylic acids is 2. The molecule has 9 heteroatoms. The third-order valence-corrected chi connectivity index (χ3v) is 5.10. The van der Waals surface area contributed by atoms with Crippen molar-refractivity contribution in [3.05, 3.63) is 53.3 Å². The summed E-state index contributed by atoms with van der Waals surface area (Å²) in [4.78, 5) is 39.0. The van der Waals surface area contributed by atoms with E-state index in [-0.39, 0.29) is 24.9 Å². The molecular formula is C21H24N6O2S. The van der Waals surface area contributed by atoms with Crippen LogP contribution in [-0.2, 0) is 16.1 Å². The van der Waals surface area contributed by atoms with E-state index in [2.05, 4.69) is 25.6 Å². The van der Waals surface area contributed by atoms with Crippen LogP contribution in [0.25, 0.3) is 10.6 Å². The number of hydrogen-bond donors (Lipinski definition) is 2. The van der Waals surface area contributed by atoms with Gasteiger partial charge in [0.2, 0.25) is 11.8 Å². The molecule has 3 aromatic heterocycles. The molecular weight excluding hydrogens is 400 g/mol. The van der Waals surface area contributed by atoms with Crippen LogP contribution in [0.15, 0.2) is 42.7 Å². The van der Waals surface area contributed by atoms with Gasteiger partial charge in [-0.3, -0.25) is 19.8 Å². The molecule has 1 aliphatic heterocycles. The summed E-state index contributed by atoms with van der Waals surface area (Å²) in [6.07, 6.45) is 3.52. The number of nitrogens with one attached hydrogen (secondary N) is 2. The first-order chi connectivity index (χ1) is 14.5. The molecule has 30 heavy (non-hydrogen) atoms. The lowest BCUT2D eigenvalue weighted by Gasteiger charge is -2.23. The summed E-state index contributed by atoms with van der Waals surface area (Å²) >= 11 is 1.50. The second-order valence-corrected chi connectivity index (χ2v) is 7.60. The van der Waals surface area contributed by atoms with Gasteiger partial charge in [-0.25, -0.2) is 15.0 Å². The number of aromatic nitrogens is 3. The Bertz CT molecular complexity index is 1020. The van der Waals surface area contributed by atoms with E-state index in [9.17, 15) is 9.59 Å². The van der Waals surface area contributed by atoms with E-state index in [4.69, 9.17) is 0 Å². The number of hydrogen-bond acceptors (Lipinski definition) is 8. The van der Waals surface area contributed by atoms with Crippen LogP contribution >= 0.6 is 11.3 Å². The zero-order valence-electron chi connectivity index (χ0n) is 17.2. The summed E-state index contributed by atoms with van der Waals surface area (Å²) in [5.41, 5.74) is 1.92. The van der Waals surface area contributed by atoms with Gasteiger partial charge in [0, 0.05) is 12.4 Å². The van der Waals surface area contributed by atoms with Crippen molar-refractivity contribution in [1.29, 1.82) is 0 Å². The predicted molar refractivity (Wildman–Crippen MR) is 117 cm³/mol. The highest BCUT2D eigenvalue weighted by molar-refractivity contribution is 7.15. The van der Waals surface area contributed by atoms with Crippen LogP contribution in [0.4, 0.5) is 11.6 Å². The fourth-order valence-corrected chi connectivity index (χ4v) is 3.81. The van der Waals surface area contributed by atoms with Crippen LogP contribution in [0.2, 0.25) is 0 Å². The molecule has 2 amide bonds. The van der Waals surface area contributed by atoms with Crippen LogP contribution in [0.5, 0.6) is 0 Å². The number of pyridine rings is 2. The average molecular weight is 425 g/mol. The highest BCUT2D eigenvalue weighted by atomic mass is 32.1. The molecule has 0 unspecified atom stereocenters. The summed E-state index contributed by atoms with van der Waals surface area (Å²) in [6, 6.07) is 9.62. The van der Waals surface area contributed by atoms with Gasteiger partial charge in [0.05, 0.1) is 30.2 Å². The van der Waals surface area contributed by atoms with Crippen LogP contribution in [-0.4, -0.2) is 44.8 Å². The highest BCUT2D eigenvalue weighted by Gasteiger charge is 2.23. The van der Waals surface area contributed by atoms with Gasteiger partial charge in [0.15, 0.2) is 0 Å². The van der Waals surface area contributed by atoms with E-state index in [1.165, 1.54) is 11.3 Å². The van der Waals surface area contributed by atoms with Crippen molar-refractivity contribution >= 4 is 34.8 Å². The zero-order chi connectivity index (χ0) is 21.5. The summed E-state index contributed by atoms with van der Waals surface area (Å²) in [5.74, 6) is 0.878. The van der Waals surface area contributed by atoms with E-state index in [1.807, 2.05) is 51.1 Å². The maximum atomic E-state index is 11.5. The molecule has 1 saturated heterocycles. The van der Waals surface area contributed by atoms with Gasteiger partial charge >= 0.3 is 0 Å². The monoisotopic (exact) mass is 424 g/mol. The topological polar surface area (TPSA) is 100 Å². The number of aryl methyl sites for hydroxylation is 1. The summed E-state index contributed by atoms with van der Waals surface area (Å²) in [5, 5.41) is 6.34. The third-order valence-electron chi connectivity index (χ3n) is 4.10. The first-order valence-corrected chi connectivity index (χ1v) is 10.5. The van der Waals surface area contributed by atoms with Crippen molar-refractivity contribution in [1.82, 2.24) is 25.2 Å². The molecule has 0 aliphatic carbocycles. The number of piperazine rings is 1. The molecule has 4 rings (SSSR count). The second-order valence-electron chi connectivity index (χ2n) is 6.49. The van der Waals surface area contributed by atoms with Gasteiger partial charge in [-0.05, 0) is 36.8 Å². The van der Waals surface area contributed by atoms with Gasteiger partial charge < -0.3 is 5.32 Å². The minimum absolute atomic E-state index is 0.196. The maximum absolute atomic E-state index is 11.5. The van der Waals surface area contributed by atoms with Crippen molar-refractivity contribution in [3.63, 3.8) is 0 Å². The molecule has 156 valence electrons. The van der Waals surface area contributed by atoms with Gasteiger partial charge in [0.1, 0.15) is 16.6 Å². The van der Waals surface area contributed by atoms with E-state index >= 15 is 0 Å². The first kappa shape index (κ1) is 21.5. The molecule has 2 N–H and O–H groups in total. The lowest BCUT2D eigenvalue weighted by Crippen LogP contribution is -2.50. The third kappa shape index (κ3) is 5.68. The van der Waals surface area contributed by atoms with Crippen molar-refractivity contribution in [2.45, 2.75) is 27.3 Å².